The number of carbonyl (C=O) groups excluding carboxylic acids is 1. The van der Waals surface area contributed by atoms with Crippen molar-refractivity contribution in [1.82, 2.24) is 15.4 Å². The number of amides is 1. The highest BCUT2D eigenvalue weighted by molar-refractivity contribution is 5.91. The van der Waals surface area contributed by atoms with Gasteiger partial charge in [-0.15, -0.1) is 0 Å². The average molecular weight is 236 g/mol. The number of ether oxygens (including phenoxy) is 1. The summed E-state index contributed by atoms with van der Waals surface area (Å²) in [7, 11) is 0. The van der Waals surface area contributed by atoms with Gasteiger partial charge in [0.1, 0.15) is 5.69 Å². The zero-order valence-electron chi connectivity index (χ0n) is 9.56. The molecule has 0 aromatic carbocycles. The van der Waals surface area contributed by atoms with Gasteiger partial charge in [-0.3, -0.25) is 15.2 Å². The molecule has 1 saturated heterocycles. The topological polar surface area (TPSA) is 80.5 Å². The van der Waals surface area contributed by atoms with Crippen molar-refractivity contribution in [1.29, 1.82) is 0 Å². The van der Waals surface area contributed by atoms with Gasteiger partial charge in [-0.1, -0.05) is 0 Å². The monoisotopic (exact) mass is 236 g/mol. The molecule has 0 atom stereocenters. The van der Waals surface area contributed by atoms with Gasteiger partial charge in [0.05, 0.1) is 13.2 Å². The summed E-state index contributed by atoms with van der Waals surface area (Å²) in [6.45, 7) is 3.07. The molecule has 17 heavy (non-hydrogen) atoms. The fourth-order valence-corrected chi connectivity index (χ4v) is 1.60. The van der Waals surface area contributed by atoms with Crippen LogP contribution in [-0.2, 0) is 11.3 Å². The van der Waals surface area contributed by atoms with Crippen LogP contribution in [0.2, 0.25) is 0 Å². The molecule has 1 amide bonds. The second kappa shape index (κ2) is 5.72. The number of morpholine rings is 1. The van der Waals surface area contributed by atoms with Gasteiger partial charge in [0.15, 0.2) is 0 Å². The lowest BCUT2D eigenvalue weighted by molar-refractivity contribution is 0.0124. The van der Waals surface area contributed by atoms with Crippen LogP contribution in [0, 0.1) is 0 Å². The van der Waals surface area contributed by atoms with Gasteiger partial charge in [0, 0.05) is 25.8 Å². The molecule has 2 heterocycles. The average Bonchev–Trinajstić information content (AvgIpc) is 2.40. The molecule has 0 radical (unpaired) electrons. The van der Waals surface area contributed by atoms with E-state index in [0.29, 0.717) is 38.5 Å². The minimum absolute atomic E-state index is 0.206. The van der Waals surface area contributed by atoms with Gasteiger partial charge >= 0.3 is 0 Å². The Morgan fingerprint density at radius 2 is 2.29 bits per heavy atom. The summed E-state index contributed by atoms with van der Waals surface area (Å²) >= 11 is 0. The third kappa shape index (κ3) is 3.23. The highest BCUT2D eigenvalue weighted by Gasteiger charge is 2.15. The number of hydrogen-bond acceptors (Lipinski definition) is 5. The minimum atomic E-state index is -0.206. The Bertz CT molecular complexity index is 391. The number of rotatable bonds is 3. The molecule has 3 N–H and O–H groups in total. The number of hydrogen-bond donors (Lipinski definition) is 2. The first-order valence-electron chi connectivity index (χ1n) is 5.58. The Balaban J connectivity index is 1.98. The number of nitrogens with two attached hydrogens (primary N) is 1. The van der Waals surface area contributed by atoms with Crippen LogP contribution in [-0.4, -0.2) is 42.2 Å². The number of nitrogens with zero attached hydrogens (tertiary/aromatic N) is 2. The van der Waals surface area contributed by atoms with E-state index in [0.717, 1.165) is 5.56 Å². The minimum Gasteiger partial charge on any atom is -0.379 e. The largest absolute Gasteiger partial charge is 0.379 e. The summed E-state index contributed by atoms with van der Waals surface area (Å²) in [6.07, 6.45) is 1.59. The molecule has 1 aliphatic heterocycles. The summed E-state index contributed by atoms with van der Waals surface area (Å²) < 4.78 is 5.20. The van der Waals surface area contributed by atoms with E-state index in [1.165, 1.54) is 0 Å². The van der Waals surface area contributed by atoms with E-state index in [9.17, 15) is 4.79 Å². The first-order valence-corrected chi connectivity index (χ1v) is 5.58. The lowest BCUT2D eigenvalue weighted by atomic mass is 10.2. The number of pyridine rings is 1. The first kappa shape index (κ1) is 12.0. The van der Waals surface area contributed by atoms with Crippen molar-refractivity contribution >= 4 is 5.91 Å². The predicted octanol–water partition coefficient (Wildman–Crippen LogP) is -0.483. The number of carbonyl (C=O) groups is 1. The van der Waals surface area contributed by atoms with Crippen molar-refractivity contribution in [2.24, 2.45) is 5.73 Å². The van der Waals surface area contributed by atoms with Crippen LogP contribution in [0.4, 0.5) is 0 Å². The maximum absolute atomic E-state index is 11.9. The first-order chi connectivity index (χ1) is 8.29. The molecule has 0 unspecified atom stereocenters. The van der Waals surface area contributed by atoms with E-state index in [-0.39, 0.29) is 5.91 Å². The van der Waals surface area contributed by atoms with E-state index in [4.69, 9.17) is 10.5 Å². The molecule has 1 aromatic heterocycles. The summed E-state index contributed by atoms with van der Waals surface area (Å²) in [5.41, 5.74) is 9.60. The van der Waals surface area contributed by atoms with Crippen LogP contribution in [0.1, 0.15) is 16.1 Å². The van der Waals surface area contributed by atoms with Crippen molar-refractivity contribution < 1.29 is 9.53 Å². The molecule has 6 heteroatoms. The maximum Gasteiger partial charge on any atom is 0.284 e. The molecule has 1 aliphatic rings. The zero-order chi connectivity index (χ0) is 12.1. The van der Waals surface area contributed by atoms with Crippen LogP contribution in [0.15, 0.2) is 18.3 Å². The quantitative estimate of drug-likeness (QED) is 0.740. The van der Waals surface area contributed by atoms with Crippen molar-refractivity contribution in [3.8, 4) is 0 Å². The predicted molar refractivity (Wildman–Crippen MR) is 62.0 cm³/mol. The van der Waals surface area contributed by atoms with Crippen LogP contribution < -0.4 is 11.2 Å². The maximum atomic E-state index is 11.9. The molecular weight excluding hydrogens is 220 g/mol. The number of nitrogens with one attached hydrogen (secondary N) is 1. The summed E-state index contributed by atoms with van der Waals surface area (Å²) in [5, 5.41) is 1.84. The summed E-state index contributed by atoms with van der Waals surface area (Å²) in [6, 6.07) is 3.50. The number of aromatic nitrogens is 1. The Hall–Kier alpha value is -1.50. The highest BCUT2D eigenvalue weighted by atomic mass is 16.5. The molecule has 0 saturated carbocycles. The normalized spacial score (nSPS) is 16.8. The highest BCUT2D eigenvalue weighted by Crippen LogP contribution is 2.02. The van der Waals surface area contributed by atoms with Crippen molar-refractivity contribution in [3.63, 3.8) is 0 Å². The molecule has 92 valence electrons. The zero-order valence-corrected chi connectivity index (χ0v) is 9.56. The van der Waals surface area contributed by atoms with Gasteiger partial charge in [-0.05, 0) is 17.7 Å². The Morgan fingerprint density at radius 1 is 1.53 bits per heavy atom. The van der Waals surface area contributed by atoms with Crippen LogP contribution in [0.3, 0.4) is 0 Å². The summed E-state index contributed by atoms with van der Waals surface area (Å²) in [4.78, 5) is 15.9. The Labute approximate surface area is 99.7 Å². The van der Waals surface area contributed by atoms with Gasteiger partial charge in [-0.25, -0.2) is 5.01 Å². The van der Waals surface area contributed by atoms with E-state index in [1.807, 2.05) is 5.01 Å². The molecule has 1 aromatic rings. The van der Waals surface area contributed by atoms with Crippen LogP contribution >= 0.6 is 0 Å². The van der Waals surface area contributed by atoms with E-state index in [1.54, 1.807) is 18.3 Å². The SMILES string of the molecule is NCc1ccnc(C(=O)NN2CCOCC2)c1. The van der Waals surface area contributed by atoms with Gasteiger partial charge in [0.2, 0.25) is 0 Å². The summed E-state index contributed by atoms with van der Waals surface area (Å²) in [5.74, 6) is -0.206. The Kier molecular flexibility index (Phi) is 4.03. The van der Waals surface area contributed by atoms with Gasteiger partial charge < -0.3 is 10.5 Å². The third-order valence-electron chi connectivity index (χ3n) is 2.56. The molecule has 1 fully saturated rings. The van der Waals surface area contributed by atoms with Gasteiger partial charge in [-0.2, -0.15) is 0 Å². The van der Waals surface area contributed by atoms with E-state index in [2.05, 4.69) is 10.4 Å². The fourth-order valence-electron chi connectivity index (χ4n) is 1.60. The molecule has 0 aliphatic carbocycles. The molecule has 6 nitrogen and oxygen atoms in total. The standard InChI is InChI=1S/C11H16N4O2/c12-8-9-1-2-13-10(7-9)11(16)14-15-3-5-17-6-4-15/h1-2,7H,3-6,8,12H2,(H,14,16). The van der Waals surface area contributed by atoms with Crippen molar-refractivity contribution in [3.05, 3.63) is 29.6 Å². The van der Waals surface area contributed by atoms with Crippen molar-refractivity contribution in [2.75, 3.05) is 26.3 Å². The Morgan fingerprint density at radius 3 is 3.00 bits per heavy atom. The second-order valence-corrected chi connectivity index (χ2v) is 3.79. The third-order valence-corrected chi connectivity index (χ3v) is 2.56. The van der Waals surface area contributed by atoms with Crippen LogP contribution in [0.25, 0.3) is 0 Å². The smallest absolute Gasteiger partial charge is 0.284 e. The van der Waals surface area contributed by atoms with Gasteiger partial charge in [0.25, 0.3) is 5.91 Å². The molecular formula is C11H16N4O2. The molecule has 2 rings (SSSR count). The van der Waals surface area contributed by atoms with Crippen LogP contribution in [0.5, 0.6) is 0 Å². The molecule has 0 bridgehead atoms. The lowest BCUT2D eigenvalue weighted by Crippen LogP contribution is -2.48. The van der Waals surface area contributed by atoms with E-state index >= 15 is 0 Å². The second-order valence-electron chi connectivity index (χ2n) is 3.79. The fraction of sp³-hybridized carbons (Fsp3) is 0.455. The lowest BCUT2D eigenvalue weighted by Gasteiger charge is -2.26. The van der Waals surface area contributed by atoms with E-state index < -0.39 is 0 Å². The number of hydrazine groups is 1. The molecule has 0 spiro atoms. The van der Waals surface area contributed by atoms with Crippen molar-refractivity contribution in [2.45, 2.75) is 6.54 Å².